The summed E-state index contributed by atoms with van der Waals surface area (Å²) in [4.78, 5) is 19.1. The molecule has 4 aromatic rings. The van der Waals surface area contributed by atoms with Crippen LogP contribution in [0.1, 0.15) is 64.6 Å². The summed E-state index contributed by atoms with van der Waals surface area (Å²) in [6.07, 6.45) is 4.18. The first-order valence-electron chi connectivity index (χ1n) is 14.4. The molecule has 5 N–H and O–H groups in total. The van der Waals surface area contributed by atoms with Crippen LogP contribution in [0.15, 0.2) is 36.8 Å². The summed E-state index contributed by atoms with van der Waals surface area (Å²) in [5.74, 6) is 2.09. The van der Waals surface area contributed by atoms with Gasteiger partial charge in [0.15, 0.2) is 6.23 Å². The van der Waals surface area contributed by atoms with Gasteiger partial charge in [-0.2, -0.15) is 0 Å². The fourth-order valence-corrected chi connectivity index (χ4v) is 6.29. The smallest absolute Gasteiger partial charge is 0.164 e. The third-order valence-corrected chi connectivity index (χ3v) is 8.89. The number of benzene rings is 1. The predicted octanol–water partition coefficient (Wildman–Crippen LogP) is 3.54. The van der Waals surface area contributed by atoms with Crippen LogP contribution < -0.4 is 5.73 Å². The number of ether oxygens (including phenoxy) is 1. The maximum Gasteiger partial charge on any atom is 0.164 e. The third kappa shape index (κ3) is 4.98. The van der Waals surface area contributed by atoms with Crippen molar-refractivity contribution in [2.45, 2.75) is 89.4 Å². The van der Waals surface area contributed by atoms with E-state index >= 15 is 0 Å². The van der Waals surface area contributed by atoms with E-state index < -0.39 is 24.5 Å². The predicted molar refractivity (Wildman–Crippen MR) is 155 cm³/mol. The van der Waals surface area contributed by atoms with Gasteiger partial charge in [0, 0.05) is 25.2 Å². The molecule has 40 heavy (non-hydrogen) atoms. The van der Waals surface area contributed by atoms with Crippen molar-refractivity contribution in [2.75, 3.05) is 18.8 Å². The standard InChI is InChI=1S/C30H41N7O3/c1-5-36(15-23-25(38)26(39)29(40-23)37-11-10-20-27(31)32-16-33-28(20)37)19-12-17(13-19)6-9-24-34-21-8-7-18(30(2,3)4)14-22(21)35-24/h7-8,10-11,14,16-17,19,23,25-26,29,38-39H,5-6,9,12-13,15H2,1-4H3,(H,34,35)(H2,31,32,33)/t17-,19-,23-,25+,26+,29-/m1/s1. The number of nitrogens with one attached hydrogen (secondary N) is 1. The Morgan fingerprint density at radius 1 is 1.15 bits per heavy atom. The molecule has 1 aromatic carbocycles. The fraction of sp³-hybridized carbons (Fsp3) is 0.567. The van der Waals surface area contributed by atoms with Crippen LogP contribution in [-0.2, 0) is 16.6 Å². The van der Waals surface area contributed by atoms with Crippen molar-refractivity contribution in [3.63, 3.8) is 0 Å². The lowest BCUT2D eigenvalue weighted by Gasteiger charge is -2.43. The van der Waals surface area contributed by atoms with Gasteiger partial charge in [-0.05, 0) is 60.9 Å². The molecule has 6 rings (SSSR count). The topological polar surface area (TPSA) is 138 Å². The molecule has 1 saturated carbocycles. The SMILES string of the molecule is CCN(C[C@H]1O[C@@H](n2ccc3c(N)ncnc32)[C@@H](O)[C@H]1O)[C@H]1C[C@H](CCc2nc3cc(C(C)(C)C)ccc3[nH]2)C1. The first kappa shape index (κ1) is 27.1. The number of rotatable bonds is 8. The zero-order valence-electron chi connectivity index (χ0n) is 23.8. The second-order valence-corrected chi connectivity index (χ2v) is 12.5. The van der Waals surface area contributed by atoms with Gasteiger partial charge in [0.05, 0.1) is 16.4 Å². The molecule has 2 fully saturated rings. The molecule has 0 amide bonds. The number of aryl methyl sites for hydroxylation is 1. The van der Waals surface area contributed by atoms with Crippen molar-refractivity contribution >= 4 is 27.9 Å². The molecular formula is C30H41N7O3. The molecule has 0 bridgehead atoms. The van der Waals surface area contributed by atoms with Crippen molar-refractivity contribution in [2.24, 2.45) is 5.92 Å². The van der Waals surface area contributed by atoms with Crippen LogP contribution >= 0.6 is 0 Å². The number of H-pyrrole nitrogens is 1. The summed E-state index contributed by atoms with van der Waals surface area (Å²) in [5.41, 5.74) is 10.1. The number of anilines is 1. The Morgan fingerprint density at radius 2 is 1.95 bits per heavy atom. The van der Waals surface area contributed by atoms with Crippen molar-refractivity contribution in [1.29, 1.82) is 0 Å². The summed E-state index contributed by atoms with van der Waals surface area (Å²) in [5, 5.41) is 22.4. The minimum absolute atomic E-state index is 0.109. The molecule has 1 aliphatic carbocycles. The molecule has 0 unspecified atom stereocenters. The van der Waals surface area contributed by atoms with E-state index in [0.29, 0.717) is 35.4 Å². The van der Waals surface area contributed by atoms with Crippen LogP contribution in [0.3, 0.4) is 0 Å². The zero-order valence-corrected chi connectivity index (χ0v) is 23.8. The van der Waals surface area contributed by atoms with E-state index in [0.717, 1.165) is 49.1 Å². The highest BCUT2D eigenvalue weighted by Crippen LogP contribution is 2.38. The largest absolute Gasteiger partial charge is 0.387 e. The summed E-state index contributed by atoms with van der Waals surface area (Å²) in [6.45, 7) is 10.3. The van der Waals surface area contributed by atoms with Crippen molar-refractivity contribution < 1.29 is 14.9 Å². The van der Waals surface area contributed by atoms with Crippen LogP contribution in [0, 0.1) is 5.92 Å². The quantitative estimate of drug-likeness (QED) is 0.263. The lowest BCUT2D eigenvalue weighted by Crippen LogP contribution is -2.49. The molecule has 10 heteroatoms. The number of hydrogen-bond acceptors (Lipinski definition) is 8. The molecule has 0 spiro atoms. The number of imidazole rings is 1. The maximum atomic E-state index is 10.9. The van der Waals surface area contributed by atoms with Gasteiger partial charge in [0.25, 0.3) is 0 Å². The molecule has 214 valence electrons. The Labute approximate surface area is 234 Å². The van der Waals surface area contributed by atoms with Gasteiger partial charge in [0.1, 0.15) is 41.9 Å². The van der Waals surface area contributed by atoms with Gasteiger partial charge < -0.3 is 30.2 Å². The number of likely N-dealkylation sites (N-methyl/N-ethyl adjacent to an activating group) is 1. The monoisotopic (exact) mass is 547 g/mol. The number of aromatic nitrogens is 5. The number of aliphatic hydroxyl groups is 2. The molecule has 1 saturated heterocycles. The van der Waals surface area contributed by atoms with E-state index in [1.54, 1.807) is 10.8 Å². The molecule has 4 heterocycles. The van der Waals surface area contributed by atoms with Crippen LogP contribution in [0.2, 0.25) is 0 Å². The van der Waals surface area contributed by atoms with E-state index in [1.165, 1.54) is 11.9 Å². The van der Waals surface area contributed by atoms with Gasteiger partial charge in [-0.1, -0.05) is 33.8 Å². The van der Waals surface area contributed by atoms with Crippen LogP contribution in [-0.4, -0.2) is 77.1 Å². The lowest BCUT2D eigenvalue weighted by atomic mass is 9.76. The first-order valence-corrected chi connectivity index (χ1v) is 14.4. The molecule has 3 aromatic heterocycles. The number of aliphatic hydroxyl groups excluding tert-OH is 2. The van der Waals surface area contributed by atoms with Gasteiger partial charge in [-0.3, -0.25) is 4.90 Å². The first-order chi connectivity index (χ1) is 19.1. The summed E-state index contributed by atoms with van der Waals surface area (Å²) in [6, 6.07) is 8.80. The average Bonchev–Trinajstić information content (AvgIpc) is 3.58. The van der Waals surface area contributed by atoms with Crippen molar-refractivity contribution in [3.8, 4) is 0 Å². The fourth-order valence-electron chi connectivity index (χ4n) is 6.29. The maximum absolute atomic E-state index is 10.9. The van der Waals surface area contributed by atoms with Crippen molar-refractivity contribution in [3.05, 3.63) is 48.2 Å². The van der Waals surface area contributed by atoms with E-state index in [9.17, 15) is 10.2 Å². The summed E-state index contributed by atoms with van der Waals surface area (Å²) < 4.78 is 7.96. The Kier molecular flexibility index (Phi) is 7.06. The van der Waals surface area contributed by atoms with Crippen LogP contribution in [0.25, 0.3) is 22.1 Å². The van der Waals surface area contributed by atoms with Gasteiger partial charge in [-0.25, -0.2) is 15.0 Å². The molecular weight excluding hydrogens is 506 g/mol. The number of nitrogens with two attached hydrogens (primary N) is 1. The Morgan fingerprint density at radius 3 is 2.70 bits per heavy atom. The highest BCUT2D eigenvalue weighted by molar-refractivity contribution is 5.86. The molecule has 2 aliphatic rings. The van der Waals surface area contributed by atoms with E-state index in [1.807, 2.05) is 6.07 Å². The van der Waals surface area contributed by atoms with E-state index in [4.69, 9.17) is 15.5 Å². The van der Waals surface area contributed by atoms with E-state index in [2.05, 4.69) is 65.7 Å². The van der Waals surface area contributed by atoms with E-state index in [-0.39, 0.29) is 5.41 Å². The second kappa shape index (κ2) is 10.4. The summed E-state index contributed by atoms with van der Waals surface area (Å²) >= 11 is 0. The zero-order chi connectivity index (χ0) is 28.2. The Balaban J connectivity index is 1.03. The Hall–Kier alpha value is -3.05. The Bertz CT molecular complexity index is 1490. The molecule has 4 atom stereocenters. The van der Waals surface area contributed by atoms with Gasteiger partial charge in [0.2, 0.25) is 0 Å². The number of nitrogens with zero attached hydrogens (tertiary/aromatic N) is 5. The number of aromatic amines is 1. The average molecular weight is 548 g/mol. The minimum Gasteiger partial charge on any atom is -0.387 e. The number of fused-ring (bicyclic) bond motifs is 2. The van der Waals surface area contributed by atoms with Crippen LogP contribution in [0.5, 0.6) is 0 Å². The van der Waals surface area contributed by atoms with Crippen LogP contribution in [0.4, 0.5) is 5.82 Å². The summed E-state index contributed by atoms with van der Waals surface area (Å²) in [7, 11) is 0. The lowest BCUT2D eigenvalue weighted by molar-refractivity contribution is -0.0548. The second-order valence-electron chi connectivity index (χ2n) is 12.5. The normalized spacial score (nSPS) is 27.2. The number of nitrogen functional groups attached to an aromatic ring is 1. The minimum atomic E-state index is -1.06. The molecule has 10 nitrogen and oxygen atoms in total. The molecule has 0 radical (unpaired) electrons. The highest BCUT2D eigenvalue weighted by Gasteiger charge is 2.46. The molecule has 1 aliphatic heterocycles. The number of hydrogen-bond donors (Lipinski definition) is 4. The van der Waals surface area contributed by atoms with Gasteiger partial charge >= 0.3 is 0 Å². The van der Waals surface area contributed by atoms with Gasteiger partial charge in [-0.15, -0.1) is 0 Å². The third-order valence-electron chi connectivity index (χ3n) is 8.89. The highest BCUT2D eigenvalue weighted by atomic mass is 16.6. The van der Waals surface area contributed by atoms with Crippen molar-refractivity contribution in [1.82, 2.24) is 29.4 Å².